The first-order valence-corrected chi connectivity index (χ1v) is 11.0. The van der Waals surface area contributed by atoms with E-state index in [4.69, 9.17) is 0 Å². The number of rotatable bonds is 4. The first-order chi connectivity index (χ1) is 13.1. The number of carbonyl (C=O) groups is 1. The van der Waals surface area contributed by atoms with Crippen molar-refractivity contribution >= 4 is 17.3 Å². The van der Waals surface area contributed by atoms with Crippen LogP contribution in [0.5, 0.6) is 0 Å². The highest BCUT2D eigenvalue weighted by molar-refractivity contribution is 5.95. The van der Waals surface area contributed by atoms with E-state index in [0.717, 1.165) is 75.4 Å². The lowest BCUT2D eigenvalue weighted by molar-refractivity contribution is -0.140. The van der Waals surface area contributed by atoms with Crippen molar-refractivity contribution in [2.75, 3.05) is 42.9 Å². The van der Waals surface area contributed by atoms with Crippen molar-refractivity contribution in [3.8, 4) is 0 Å². The average molecular weight is 368 g/mol. The molecule has 1 aliphatic heterocycles. The number of anilines is 2. The van der Waals surface area contributed by atoms with Crippen molar-refractivity contribution < 1.29 is 4.79 Å². The normalized spacial score (nSPS) is 35.4. The van der Waals surface area contributed by atoms with Gasteiger partial charge in [-0.1, -0.05) is 6.92 Å². The summed E-state index contributed by atoms with van der Waals surface area (Å²) in [6.45, 7) is 7.84. The molecule has 1 amide bonds. The molecule has 6 rings (SSSR count). The van der Waals surface area contributed by atoms with Gasteiger partial charge in [-0.3, -0.25) is 4.79 Å². The molecule has 4 aliphatic carbocycles. The third kappa shape index (κ3) is 3.26. The lowest BCUT2D eigenvalue weighted by Gasteiger charge is -2.55. The highest BCUT2D eigenvalue weighted by Crippen LogP contribution is 2.60. The van der Waals surface area contributed by atoms with Crippen molar-refractivity contribution in [1.29, 1.82) is 0 Å². The summed E-state index contributed by atoms with van der Waals surface area (Å²) in [7, 11) is 0. The molecule has 0 spiro atoms. The summed E-state index contributed by atoms with van der Waals surface area (Å²) in [5.41, 5.74) is 2.18. The van der Waals surface area contributed by atoms with Gasteiger partial charge in [-0.05, 0) is 87.1 Å². The molecule has 0 unspecified atom stereocenters. The van der Waals surface area contributed by atoms with Crippen LogP contribution in [0.25, 0.3) is 0 Å². The van der Waals surface area contributed by atoms with Gasteiger partial charge >= 0.3 is 0 Å². The highest BCUT2D eigenvalue weighted by Gasteiger charge is 2.54. The predicted molar refractivity (Wildman–Crippen MR) is 110 cm³/mol. The number of nitrogens with zero attached hydrogens (tertiary/aromatic N) is 2. The number of likely N-dealkylation sites (N-methyl/N-ethyl adjacent to an activating group) is 1. The Kier molecular flexibility index (Phi) is 4.42. The number of hydrogen-bond donors (Lipinski definition) is 1. The number of amides is 1. The van der Waals surface area contributed by atoms with Crippen LogP contribution in [0.1, 0.15) is 45.4 Å². The van der Waals surface area contributed by atoms with Gasteiger partial charge in [0, 0.05) is 37.6 Å². The van der Waals surface area contributed by atoms with Crippen LogP contribution in [0.3, 0.4) is 0 Å². The van der Waals surface area contributed by atoms with Crippen molar-refractivity contribution in [3.05, 3.63) is 24.3 Å². The van der Waals surface area contributed by atoms with E-state index in [2.05, 4.69) is 46.3 Å². The van der Waals surface area contributed by atoms with Gasteiger partial charge in [0.2, 0.25) is 5.91 Å². The van der Waals surface area contributed by atoms with E-state index in [1.165, 1.54) is 24.9 Å². The Bertz CT molecular complexity index is 655. The molecule has 4 nitrogen and oxygen atoms in total. The Labute approximate surface area is 163 Å². The molecule has 5 fully saturated rings. The molecule has 1 aromatic rings. The molecule has 5 aliphatic rings. The first-order valence-electron chi connectivity index (χ1n) is 11.0. The van der Waals surface area contributed by atoms with E-state index in [0.29, 0.717) is 5.91 Å². The summed E-state index contributed by atoms with van der Waals surface area (Å²) in [6.07, 6.45) is 7.53. The van der Waals surface area contributed by atoms with E-state index in [1.54, 1.807) is 0 Å². The van der Waals surface area contributed by atoms with E-state index < -0.39 is 0 Å². The molecule has 146 valence electrons. The first kappa shape index (κ1) is 17.5. The Hall–Kier alpha value is -1.55. The molecule has 1 saturated heterocycles. The van der Waals surface area contributed by atoms with Crippen LogP contribution in [-0.2, 0) is 4.79 Å². The topological polar surface area (TPSA) is 35.6 Å². The molecular weight excluding hydrogens is 334 g/mol. The summed E-state index contributed by atoms with van der Waals surface area (Å²) in [6, 6.07) is 8.55. The van der Waals surface area contributed by atoms with Crippen LogP contribution in [-0.4, -0.2) is 43.5 Å². The second-order valence-corrected chi connectivity index (χ2v) is 9.62. The molecule has 1 heterocycles. The van der Waals surface area contributed by atoms with E-state index in [1.807, 2.05) is 0 Å². The van der Waals surface area contributed by atoms with Crippen molar-refractivity contribution in [3.63, 3.8) is 0 Å². The maximum absolute atomic E-state index is 13.2. The van der Waals surface area contributed by atoms with Crippen LogP contribution < -0.4 is 10.2 Å². The van der Waals surface area contributed by atoms with Gasteiger partial charge in [0.1, 0.15) is 0 Å². The van der Waals surface area contributed by atoms with Crippen molar-refractivity contribution in [2.45, 2.75) is 45.4 Å². The van der Waals surface area contributed by atoms with Crippen LogP contribution in [0.2, 0.25) is 0 Å². The molecule has 1 aromatic carbocycles. The highest BCUT2D eigenvalue weighted by atomic mass is 16.2. The van der Waals surface area contributed by atoms with E-state index in [9.17, 15) is 4.79 Å². The minimum atomic E-state index is -0.0656. The molecule has 0 atom stereocenters. The second-order valence-electron chi connectivity index (χ2n) is 9.62. The molecule has 27 heavy (non-hydrogen) atoms. The minimum absolute atomic E-state index is 0.0656. The fourth-order valence-corrected chi connectivity index (χ4v) is 6.73. The van der Waals surface area contributed by atoms with Gasteiger partial charge in [-0.15, -0.1) is 0 Å². The summed E-state index contributed by atoms with van der Waals surface area (Å²) in [5, 5.41) is 3.28. The van der Waals surface area contributed by atoms with Crippen LogP contribution in [0.4, 0.5) is 11.4 Å². The third-order valence-electron chi connectivity index (χ3n) is 7.83. The van der Waals surface area contributed by atoms with Gasteiger partial charge in [-0.2, -0.15) is 0 Å². The Morgan fingerprint density at radius 3 is 2.04 bits per heavy atom. The number of piperazine rings is 1. The molecular formula is C23H33N3O. The molecule has 0 aromatic heterocycles. The number of hydrogen-bond acceptors (Lipinski definition) is 3. The summed E-state index contributed by atoms with van der Waals surface area (Å²) in [4.78, 5) is 18.1. The third-order valence-corrected chi connectivity index (χ3v) is 7.83. The van der Waals surface area contributed by atoms with Crippen LogP contribution in [0, 0.1) is 23.2 Å². The monoisotopic (exact) mass is 367 g/mol. The lowest BCUT2D eigenvalue weighted by Crippen LogP contribution is -2.51. The standard InChI is InChI=1S/C23H33N3O/c1-2-25-7-9-26(10-8-25)21-5-3-20(4-6-21)24-22(27)23-14-17-11-18(15-23)13-19(12-17)16-23/h3-6,17-19H,2,7-16H2,1H3,(H,24,27). The SMILES string of the molecule is CCN1CCN(c2ccc(NC(=O)C34CC5CC(CC(C5)C3)C4)cc2)CC1. The fraction of sp³-hybridized carbons (Fsp3) is 0.696. The number of benzene rings is 1. The molecule has 4 bridgehead atoms. The largest absolute Gasteiger partial charge is 0.369 e. The van der Waals surface area contributed by atoms with Crippen molar-refractivity contribution in [2.24, 2.45) is 23.2 Å². The smallest absolute Gasteiger partial charge is 0.230 e. The predicted octanol–water partition coefficient (Wildman–Crippen LogP) is 3.98. The summed E-state index contributed by atoms with van der Waals surface area (Å²) in [5.74, 6) is 2.73. The molecule has 4 saturated carbocycles. The lowest BCUT2D eigenvalue weighted by atomic mass is 9.49. The maximum Gasteiger partial charge on any atom is 0.230 e. The van der Waals surface area contributed by atoms with Crippen molar-refractivity contribution in [1.82, 2.24) is 4.90 Å². The molecule has 1 N–H and O–H groups in total. The number of carbonyl (C=O) groups excluding carboxylic acids is 1. The Morgan fingerprint density at radius 2 is 1.52 bits per heavy atom. The van der Waals surface area contributed by atoms with Crippen LogP contribution in [0.15, 0.2) is 24.3 Å². The number of nitrogens with one attached hydrogen (secondary N) is 1. The minimum Gasteiger partial charge on any atom is -0.369 e. The zero-order valence-corrected chi connectivity index (χ0v) is 16.6. The van der Waals surface area contributed by atoms with E-state index >= 15 is 0 Å². The maximum atomic E-state index is 13.2. The second kappa shape index (κ2) is 6.80. The van der Waals surface area contributed by atoms with Gasteiger partial charge in [0.15, 0.2) is 0 Å². The average Bonchev–Trinajstić information content (AvgIpc) is 2.68. The molecule has 4 heteroatoms. The Morgan fingerprint density at radius 1 is 0.963 bits per heavy atom. The summed E-state index contributed by atoms with van der Waals surface area (Å²) >= 11 is 0. The molecule has 0 radical (unpaired) electrons. The summed E-state index contributed by atoms with van der Waals surface area (Å²) < 4.78 is 0. The fourth-order valence-electron chi connectivity index (χ4n) is 6.73. The van der Waals surface area contributed by atoms with Gasteiger partial charge < -0.3 is 15.1 Å². The van der Waals surface area contributed by atoms with E-state index in [-0.39, 0.29) is 5.41 Å². The zero-order valence-electron chi connectivity index (χ0n) is 16.6. The van der Waals surface area contributed by atoms with Gasteiger partial charge in [0.25, 0.3) is 0 Å². The zero-order chi connectivity index (χ0) is 18.4. The Balaban J connectivity index is 1.23. The van der Waals surface area contributed by atoms with Gasteiger partial charge in [0.05, 0.1) is 5.41 Å². The quantitative estimate of drug-likeness (QED) is 0.874. The van der Waals surface area contributed by atoms with Gasteiger partial charge in [-0.25, -0.2) is 0 Å². The van der Waals surface area contributed by atoms with Crippen LogP contribution >= 0.6 is 0 Å².